The van der Waals surface area contributed by atoms with Gasteiger partial charge in [0.15, 0.2) is 5.78 Å². The van der Waals surface area contributed by atoms with E-state index in [4.69, 9.17) is 20.8 Å². The van der Waals surface area contributed by atoms with Crippen LogP contribution >= 0.6 is 11.6 Å². The van der Waals surface area contributed by atoms with Crippen LogP contribution in [0.1, 0.15) is 41.7 Å². The molecule has 0 bridgehead atoms. The van der Waals surface area contributed by atoms with Crippen LogP contribution in [0, 0.1) is 0 Å². The number of hydrogen-bond donors (Lipinski definition) is 1. The number of anilines is 2. The summed E-state index contributed by atoms with van der Waals surface area (Å²) in [6.07, 6.45) is 2.75. The Kier molecular flexibility index (Phi) is 6.23. The molecule has 0 radical (unpaired) electrons. The Hall–Kier alpha value is -3.96. The molecule has 0 saturated heterocycles. The molecule has 186 valence electrons. The molecule has 0 unspecified atom stereocenters. The summed E-state index contributed by atoms with van der Waals surface area (Å²) < 4.78 is 11.5. The summed E-state index contributed by atoms with van der Waals surface area (Å²) in [4.78, 5) is 16.3. The number of carbonyl (C=O) groups is 1. The van der Waals surface area contributed by atoms with Gasteiger partial charge in [-0.2, -0.15) is 0 Å². The van der Waals surface area contributed by atoms with Crippen molar-refractivity contribution < 1.29 is 13.9 Å². The Morgan fingerprint density at radius 1 is 0.973 bits per heavy atom. The molecule has 4 aromatic rings. The molecule has 2 heterocycles. The summed E-state index contributed by atoms with van der Waals surface area (Å²) in [6, 6.07) is 27.6. The fourth-order valence-electron chi connectivity index (χ4n) is 5.56. The molecule has 2 aliphatic rings. The first-order chi connectivity index (χ1) is 18.1. The van der Waals surface area contributed by atoms with E-state index in [0.29, 0.717) is 24.4 Å². The number of halogens is 1. The fourth-order valence-corrected chi connectivity index (χ4v) is 5.68. The van der Waals surface area contributed by atoms with Crippen LogP contribution in [-0.4, -0.2) is 12.9 Å². The maximum absolute atomic E-state index is 14.0. The minimum absolute atomic E-state index is 0.0120. The number of fused-ring (bicyclic) bond motifs is 1. The molecule has 5 nitrogen and oxygen atoms in total. The van der Waals surface area contributed by atoms with Gasteiger partial charge in [-0.05, 0) is 54.4 Å². The van der Waals surface area contributed by atoms with E-state index in [2.05, 4.69) is 28.4 Å². The van der Waals surface area contributed by atoms with Crippen molar-refractivity contribution in [2.75, 3.05) is 17.3 Å². The van der Waals surface area contributed by atoms with Crippen molar-refractivity contribution in [3.05, 3.63) is 124 Å². The van der Waals surface area contributed by atoms with Gasteiger partial charge in [-0.25, -0.2) is 0 Å². The quantitative estimate of drug-likeness (QED) is 0.301. The number of carbonyl (C=O) groups excluding carboxylic acids is 1. The Morgan fingerprint density at radius 3 is 2.54 bits per heavy atom. The topological polar surface area (TPSA) is 54.7 Å². The number of ether oxygens (including phenoxy) is 1. The van der Waals surface area contributed by atoms with E-state index in [1.54, 1.807) is 13.4 Å². The van der Waals surface area contributed by atoms with Crippen LogP contribution in [0.25, 0.3) is 0 Å². The zero-order valence-corrected chi connectivity index (χ0v) is 21.2. The summed E-state index contributed by atoms with van der Waals surface area (Å²) in [5, 5.41) is 4.35. The fraction of sp³-hybridized carbons (Fsp3) is 0.194. The van der Waals surface area contributed by atoms with Gasteiger partial charge in [0.2, 0.25) is 0 Å². The van der Waals surface area contributed by atoms with Crippen LogP contribution in [0.15, 0.2) is 107 Å². The van der Waals surface area contributed by atoms with Gasteiger partial charge in [0, 0.05) is 40.7 Å². The highest BCUT2D eigenvalue weighted by Gasteiger charge is 2.41. The number of hydrogen-bond acceptors (Lipinski definition) is 5. The summed E-state index contributed by atoms with van der Waals surface area (Å²) in [6.45, 7) is 0.588. The van der Waals surface area contributed by atoms with Crippen molar-refractivity contribution in [2.24, 2.45) is 0 Å². The van der Waals surface area contributed by atoms with Crippen molar-refractivity contribution in [3.63, 3.8) is 0 Å². The van der Waals surface area contributed by atoms with Crippen LogP contribution in [0.3, 0.4) is 0 Å². The van der Waals surface area contributed by atoms with E-state index >= 15 is 0 Å². The number of nitrogens with zero attached hydrogens (tertiary/aromatic N) is 1. The molecule has 1 aliphatic heterocycles. The second kappa shape index (κ2) is 9.83. The molecule has 0 spiro atoms. The molecule has 0 amide bonds. The molecule has 0 saturated carbocycles. The standard InChI is InChI=1S/C31H27ClN2O3/c1-36-29-10-5-2-7-23(29)31-30-25(17-21(18-27(30)35)28-11-6-16-37-28)33-24-8-3-4-9-26(24)34(31)19-20-12-14-22(32)15-13-20/h2-16,21,31,33H,17-19H2,1H3/t21-,31+/m1/s1. The number of nitrogens with one attached hydrogen (secondary N) is 1. The third-order valence-corrected chi connectivity index (χ3v) is 7.49. The number of Topliss-reactive ketones (excluding diaryl/α,β-unsaturated/α-hetero) is 1. The molecule has 1 aliphatic carbocycles. The summed E-state index contributed by atoms with van der Waals surface area (Å²) in [5.41, 5.74) is 5.74. The van der Waals surface area contributed by atoms with Crippen LogP contribution in [-0.2, 0) is 11.3 Å². The van der Waals surface area contributed by atoms with Gasteiger partial charge in [0.05, 0.1) is 30.8 Å². The lowest BCUT2D eigenvalue weighted by molar-refractivity contribution is -0.116. The molecular formula is C31H27ClN2O3. The average Bonchev–Trinajstić information content (AvgIpc) is 3.42. The van der Waals surface area contributed by atoms with E-state index in [9.17, 15) is 4.79 Å². The number of furan rings is 1. The number of methoxy groups -OCH3 is 1. The van der Waals surface area contributed by atoms with Gasteiger partial charge in [0.1, 0.15) is 11.5 Å². The van der Waals surface area contributed by atoms with Crippen LogP contribution in [0.4, 0.5) is 11.4 Å². The summed E-state index contributed by atoms with van der Waals surface area (Å²) >= 11 is 6.19. The minimum Gasteiger partial charge on any atom is -0.496 e. The molecule has 3 aromatic carbocycles. The molecular weight excluding hydrogens is 484 g/mol. The first-order valence-corrected chi connectivity index (χ1v) is 12.8. The van der Waals surface area contributed by atoms with Gasteiger partial charge in [-0.1, -0.05) is 54.1 Å². The van der Waals surface area contributed by atoms with E-state index in [-0.39, 0.29) is 17.7 Å². The molecule has 0 fully saturated rings. The zero-order chi connectivity index (χ0) is 25.4. The summed E-state index contributed by atoms with van der Waals surface area (Å²) in [5.74, 6) is 1.69. The summed E-state index contributed by atoms with van der Waals surface area (Å²) in [7, 11) is 1.68. The molecule has 6 rings (SSSR count). The predicted octanol–water partition coefficient (Wildman–Crippen LogP) is 7.52. The van der Waals surface area contributed by atoms with Gasteiger partial charge < -0.3 is 19.4 Å². The first-order valence-electron chi connectivity index (χ1n) is 12.4. The predicted molar refractivity (Wildman–Crippen MR) is 146 cm³/mol. The van der Waals surface area contributed by atoms with Gasteiger partial charge in [-0.3, -0.25) is 4.79 Å². The number of rotatable bonds is 5. The smallest absolute Gasteiger partial charge is 0.163 e. The van der Waals surface area contributed by atoms with Gasteiger partial charge in [0.25, 0.3) is 0 Å². The monoisotopic (exact) mass is 510 g/mol. The van der Waals surface area contributed by atoms with Gasteiger partial charge >= 0.3 is 0 Å². The number of ketones is 1. The second-order valence-corrected chi connectivity index (χ2v) is 9.91. The number of benzene rings is 3. The average molecular weight is 511 g/mol. The molecule has 6 heteroatoms. The van der Waals surface area contributed by atoms with E-state index in [1.165, 1.54) is 0 Å². The van der Waals surface area contributed by atoms with Crippen molar-refractivity contribution in [1.29, 1.82) is 0 Å². The van der Waals surface area contributed by atoms with Crippen LogP contribution in [0.2, 0.25) is 5.02 Å². The minimum atomic E-state index is -0.344. The van der Waals surface area contributed by atoms with Crippen molar-refractivity contribution in [1.82, 2.24) is 0 Å². The van der Waals surface area contributed by atoms with E-state index in [0.717, 1.165) is 45.3 Å². The molecule has 1 N–H and O–H groups in total. The lowest BCUT2D eigenvalue weighted by Gasteiger charge is -2.37. The van der Waals surface area contributed by atoms with Crippen LogP contribution < -0.4 is 15.0 Å². The van der Waals surface area contributed by atoms with E-state index in [1.807, 2.05) is 66.7 Å². The Labute approximate surface area is 221 Å². The molecule has 2 atom stereocenters. The normalized spacial score (nSPS) is 19.1. The molecule has 37 heavy (non-hydrogen) atoms. The largest absolute Gasteiger partial charge is 0.496 e. The second-order valence-electron chi connectivity index (χ2n) is 9.48. The van der Waals surface area contributed by atoms with Crippen molar-refractivity contribution >= 4 is 28.8 Å². The zero-order valence-electron chi connectivity index (χ0n) is 20.5. The van der Waals surface area contributed by atoms with E-state index < -0.39 is 0 Å². The lowest BCUT2D eigenvalue weighted by Crippen LogP contribution is -2.34. The third kappa shape index (κ3) is 4.40. The number of para-hydroxylation sites is 3. The Balaban J connectivity index is 1.56. The highest BCUT2D eigenvalue weighted by Crippen LogP contribution is 2.49. The lowest BCUT2D eigenvalue weighted by atomic mass is 9.79. The highest BCUT2D eigenvalue weighted by atomic mass is 35.5. The van der Waals surface area contributed by atoms with Gasteiger partial charge in [-0.15, -0.1) is 0 Å². The number of allylic oxidation sites excluding steroid dienone is 1. The molecule has 1 aromatic heterocycles. The van der Waals surface area contributed by atoms with Crippen LogP contribution in [0.5, 0.6) is 5.75 Å². The van der Waals surface area contributed by atoms with Crippen molar-refractivity contribution in [3.8, 4) is 5.75 Å². The maximum Gasteiger partial charge on any atom is 0.163 e. The first kappa shape index (κ1) is 23.4. The highest BCUT2D eigenvalue weighted by molar-refractivity contribution is 6.30. The Bertz CT molecular complexity index is 1460. The SMILES string of the molecule is COc1ccccc1[C@H]1C2=C(C[C@@H](c3ccco3)CC2=O)Nc2ccccc2N1Cc1ccc(Cl)cc1. The maximum atomic E-state index is 14.0. The third-order valence-electron chi connectivity index (χ3n) is 7.24. The van der Waals surface area contributed by atoms with Crippen molar-refractivity contribution in [2.45, 2.75) is 31.3 Å². The Morgan fingerprint density at radius 2 is 1.76 bits per heavy atom.